The van der Waals surface area contributed by atoms with Crippen molar-refractivity contribution < 1.29 is 0 Å². The number of rotatable bonds is 0. The molecule has 0 amide bonds. The Hall–Kier alpha value is 0.350. The minimum atomic E-state index is 1.01. The van der Waals surface area contributed by atoms with Gasteiger partial charge in [0, 0.05) is 0 Å². The second-order valence-electron chi connectivity index (χ2n) is 1.97. The van der Waals surface area contributed by atoms with E-state index in [0.29, 0.717) is 0 Å². The van der Waals surface area contributed by atoms with E-state index in [0.717, 1.165) is 5.92 Å². The van der Waals surface area contributed by atoms with Crippen molar-refractivity contribution in [1.82, 2.24) is 0 Å². The van der Waals surface area contributed by atoms with Crippen LogP contribution in [0, 0.1) is 5.92 Å². The van der Waals surface area contributed by atoms with Crippen LogP contribution in [-0.4, -0.2) is 11.5 Å². The fourth-order valence-corrected chi connectivity index (χ4v) is 1.96. The Morgan fingerprint density at radius 2 is 2.00 bits per heavy atom. The lowest BCUT2D eigenvalue weighted by atomic mass is 10.2. The fourth-order valence-electron chi connectivity index (χ4n) is 0.652. The SMILES string of the molecule is CC.CC1CCSC1. The van der Waals surface area contributed by atoms with Gasteiger partial charge >= 0.3 is 0 Å². The van der Waals surface area contributed by atoms with Crippen molar-refractivity contribution in [3.8, 4) is 0 Å². The van der Waals surface area contributed by atoms with Crippen molar-refractivity contribution in [3.63, 3.8) is 0 Å². The molecule has 50 valence electrons. The number of hydrogen-bond acceptors (Lipinski definition) is 1. The average molecular weight is 132 g/mol. The summed E-state index contributed by atoms with van der Waals surface area (Å²) >= 11 is 2.08. The Morgan fingerprint density at radius 1 is 1.38 bits per heavy atom. The summed E-state index contributed by atoms with van der Waals surface area (Å²) in [6, 6.07) is 0. The number of thioether (sulfide) groups is 1. The van der Waals surface area contributed by atoms with Gasteiger partial charge in [-0.3, -0.25) is 0 Å². The predicted octanol–water partition coefficient (Wildman–Crippen LogP) is 2.79. The van der Waals surface area contributed by atoms with E-state index >= 15 is 0 Å². The van der Waals surface area contributed by atoms with Crippen LogP contribution in [-0.2, 0) is 0 Å². The molecule has 0 aliphatic carbocycles. The third-order valence-electron chi connectivity index (χ3n) is 1.16. The molecule has 0 aromatic rings. The molecule has 1 aliphatic rings. The van der Waals surface area contributed by atoms with E-state index in [1.165, 1.54) is 17.9 Å². The Labute approximate surface area is 57.1 Å². The van der Waals surface area contributed by atoms with Crippen molar-refractivity contribution in [1.29, 1.82) is 0 Å². The molecular formula is C7H16S. The van der Waals surface area contributed by atoms with Crippen molar-refractivity contribution in [2.75, 3.05) is 11.5 Å². The van der Waals surface area contributed by atoms with Gasteiger partial charge in [-0.05, 0) is 23.8 Å². The molecule has 1 aliphatic heterocycles. The first-order valence-electron chi connectivity index (χ1n) is 3.47. The first-order valence-corrected chi connectivity index (χ1v) is 4.63. The van der Waals surface area contributed by atoms with Gasteiger partial charge in [-0.15, -0.1) is 0 Å². The van der Waals surface area contributed by atoms with Crippen LogP contribution in [0.2, 0.25) is 0 Å². The zero-order valence-electron chi connectivity index (χ0n) is 6.11. The Bertz CT molecular complexity index is 37.7. The summed E-state index contributed by atoms with van der Waals surface area (Å²) in [5.74, 6) is 3.82. The van der Waals surface area contributed by atoms with Crippen molar-refractivity contribution in [3.05, 3.63) is 0 Å². The summed E-state index contributed by atoms with van der Waals surface area (Å²) in [6.45, 7) is 6.32. The van der Waals surface area contributed by atoms with Crippen LogP contribution < -0.4 is 0 Å². The molecule has 1 fully saturated rings. The lowest BCUT2D eigenvalue weighted by Gasteiger charge is -1.90. The molecule has 0 spiro atoms. The topological polar surface area (TPSA) is 0 Å². The van der Waals surface area contributed by atoms with E-state index < -0.39 is 0 Å². The zero-order chi connectivity index (χ0) is 6.41. The van der Waals surface area contributed by atoms with Gasteiger partial charge in [0.25, 0.3) is 0 Å². The van der Waals surface area contributed by atoms with E-state index in [2.05, 4.69) is 18.7 Å². The minimum absolute atomic E-state index is 1.01. The molecule has 0 nitrogen and oxygen atoms in total. The van der Waals surface area contributed by atoms with Gasteiger partial charge in [-0.1, -0.05) is 20.8 Å². The van der Waals surface area contributed by atoms with Crippen molar-refractivity contribution in [2.24, 2.45) is 5.92 Å². The van der Waals surface area contributed by atoms with Crippen LogP contribution >= 0.6 is 11.8 Å². The van der Waals surface area contributed by atoms with Crippen LogP contribution in [0.15, 0.2) is 0 Å². The van der Waals surface area contributed by atoms with Gasteiger partial charge in [-0.25, -0.2) is 0 Å². The Morgan fingerprint density at radius 3 is 2.12 bits per heavy atom. The largest absolute Gasteiger partial charge is 0.162 e. The first kappa shape index (κ1) is 8.35. The smallest absolute Gasteiger partial charge is 0.00415 e. The molecule has 0 radical (unpaired) electrons. The number of hydrogen-bond donors (Lipinski definition) is 0. The van der Waals surface area contributed by atoms with Crippen LogP contribution in [0.1, 0.15) is 27.2 Å². The van der Waals surface area contributed by atoms with E-state index in [1.54, 1.807) is 0 Å². The zero-order valence-corrected chi connectivity index (χ0v) is 6.92. The molecule has 0 N–H and O–H groups in total. The van der Waals surface area contributed by atoms with Crippen molar-refractivity contribution in [2.45, 2.75) is 27.2 Å². The monoisotopic (exact) mass is 132 g/mol. The van der Waals surface area contributed by atoms with Crippen LogP contribution in [0.4, 0.5) is 0 Å². The van der Waals surface area contributed by atoms with Crippen LogP contribution in [0.25, 0.3) is 0 Å². The third kappa shape index (κ3) is 3.36. The average Bonchev–Trinajstić information content (AvgIpc) is 2.24. The van der Waals surface area contributed by atoms with E-state index in [9.17, 15) is 0 Å². The molecular weight excluding hydrogens is 116 g/mol. The molecule has 1 heteroatoms. The molecule has 1 saturated heterocycles. The maximum absolute atomic E-state index is 2.32. The molecule has 1 heterocycles. The highest BCUT2D eigenvalue weighted by Crippen LogP contribution is 2.21. The van der Waals surface area contributed by atoms with Crippen LogP contribution in [0.5, 0.6) is 0 Å². The highest BCUT2D eigenvalue weighted by Gasteiger charge is 2.07. The van der Waals surface area contributed by atoms with Gasteiger partial charge in [0.05, 0.1) is 0 Å². The van der Waals surface area contributed by atoms with Gasteiger partial charge < -0.3 is 0 Å². The lowest BCUT2D eigenvalue weighted by molar-refractivity contribution is 0.669. The molecule has 0 aromatic heterocycles. The van der Waals surface area contributed by atoms with E-state index in [1.807, 2.05) is 13.8 Å². The second-order valence-corrected chi connectivity index (χ2v) is 3.12. The fraction of sp³-hybridized carbons (Fsp3) is 1.00. The normalized spacial score (nSPS) is 26.6. The first-order chi connectivity index (χ1) is 3.89. The Balaban J connectivity index is 0.000000222. The summed E-state index contributed by atoms with van der Waals surface area (Å²) < 4.78 is 0. The minimum Gasteiger partial charge on any atom is -0.162 e. The molecule has 1 atom stereocenters. The molecule has 0 bridgehead atoms. The summed E-state index contributed by atoms with van der Waals surface area (Å²) in [4.78, 5) is 0. The predicted molar refractivity (Wildman–Crippen MR) is 42.5 cm³/mol. The summed E-state index contributed by atoms with van der Waals surface area (Å²) in [6.07, 6.45) is 1.45. The second kappa shape index (κ2) is 5.49. The maximum Gasteiger partial charge on any atom is -0.00415 e. The quantitative estimate of drug-likeness (QED) is 0.488. The molecule has 8 heavy (non-hydrogen) atoms. The maximum atomic E-state index is 2.32. The van der Waals surface area contributed by atoms with Gasteiger partial charge in [0.15, 0.2) is 0 Å². The molecule has 0 aromatic carbocycles. The molecule has 1 unspecified atom stereocenters. The third-order valence-corrected chi connectivity index (χ3v) is 2.49. The summed E-state index contributed by atoms with van der Waals surface area (Å²) in [7, 11) is 0. The van der Waals surface area contributed by atoms with Gasteiger partial charge in [0.1, 0.15) is 0 Å². The highest BCUT2D eigenvalue weighted by atomic mass is 32.2. The Kier molecular flexibility index (Phi) is 5.73. The van der Waals surface area contributed by atoms with Gasteiger partial charge in [0.2, 0.25) is 0 Å². The molecule has 1 rings (SSSR count). The highest BCUT2D eigenvalue weighted by molar-refractivity contribution is 7.99. The standard InChI is InChI=1S/C5H10S.C2H6/c1-5-2-3-6-4-5;1-2/h5H,2-4H2,1H3;1-2H3. The summed E-state index contributed by atoms with van der Waals surface area (Å²) in [5, 5.41) is 0. The summed E-state index contributed by atoms with van der Waals surface area (Å²) in [5.41, 5.74) is 0. The van der Waals surface area contributed by atoms with Crippen molar-refractivity contribution >= 4 is 11.8 Å². The van der Waals surface area contributed by atoms with E-state index in [-0.39, 0.29) is 0 Å². The lowest BCUT2D eigenvalue weighted by Crippen LogP contribution is -1.85. The van der Waals surface area contributed by atoms with Crippen LogP contribution in [0.3, 0.4) is 0 Å². The van der Waals surface area contributed by atoms with Gasteiger partial charge in [-0.2, -0.15) is 11.8 Å². The van der Waals surface area contributed by atoms with E-state index in [4.69, 9.17) is 0 Å². The molecule has 0 saturated carbocycles.